The van der Waals surface area contributed by atoms with Crippen molar-refractivity contribution in [3.63, 3.8) is 0 Å². The van der Waals surface area contributed by atoms with Crippen LogP contribution in [0, 0.1) is 5.82 Å². The summed E-state index contributed by atoms with van der Waals surface area (Å²) in [6.45, 7) is -0.238. The van der Waals surface area contributed by atoms with Crippen molar-refractivity contribution >= 4 is 35.0 Å². The van der Waals surface area contributed by atoms with Crippen molar-refractivity contribution in [3.8, 4) is 0 Å². The Kier molecular flexibility index (Phi) is 6.34. The zero-order chi connectivity index (χ0) is 24.6. The molecule has 0 spiro atoms. The number of nitrogens with zero attached hydrogens (tertiary/aromatic N) is 1. The first-order valence-electron chi connectivity index (χ1n) is 10.1. The van der Waals surface area contributed by atoms with E-state index in [0.717, 1.165) is 18.2 Å². The molecule has 0 bridgehead atoms. The van der Waals surface area contributed by atoms with Gasteiger partial charge in [-0.15, -0.1) is 0 Å². The lowest BCUT2D eigenvalue weighted by Gasteiger charge is -2.29. The lowest BCUT2D eigenvalue weighted by Crippen LogP contribution is -2.40. The number of halogens is 4. The van der Waals surface area contributed by atoms with Crippen molar-refractivity contribution in [3.05, 3.63) is 87.4 Å². The van der Waals surface area contributed by atoms with E-state index in [-0.39, 0.29) is 45.3 Å². The molecule has 0 fully saturated rings. The van der Waals surface area contributed by atoms with E-state index in [2.05, 4.69) is 16.0 Å². The van der Waals surface area contributed by atoms with Crippen molar-refractivity contribution in [1.82, 2.24) is 15.2 Å². The fourth-order valence-electron chi connectivity index (χ4n) is 3.85. The van der Waals surface area contributed by atoms with Crippen LogP contribution >= 0.6 is 11.6 Å². The van der Waals surface area contributed by atoms with Gasteiger partial charge in [-0.3, -0.25) is 14.4 Å². The van der Waals surface area contributed by atoms with Crippen LogP contribution in [0.3, 0.4) is 0 Å². The quantitative estimate of drug-likeness (QED) is 0.504. The monoisotopic (exact) mass is 490 g/mol. The summed E-state index contributed by atoms with van der Waals surface area (Å²) in [5.41, 5.74) is 0.350. The van der Waals surface area contributed by atoms with Gasteiger partial charge in [0, 0.05) is 28.8 Å². The third kappa shape index (κ3) is 4.36. The van der Waals surface area contributed by atoms with E-state index < -0.39 is 36.0 Å². The fourth-order valence-corrected chi connectivity index (χ4v) is 4.08. The molecular weight excluding hydrogens is 473 g/mol. The fraction of sp³-hybridized carbons (Fsp3) is 0.174. The second-order valence-corrected chi connectivity index (χ2v) is 7.95. The van der Waals surface area contributed by atoms with Crippen LogP contribution in [0.1, 0.15) is 50.1 Å². The normalized spacial score (nSPS) is 15.0. The number of nitrogens with one attached hydrogen (secondary N) is 3. The lowest BCUT2D eigenvalue weighted by atomic mass is 10.0. The van der Waals surface area contributed by atoms with Crippen LogP contribution in [-0.4, -0.2) is 29.3 Å². The summed E-state index contributed by atoms with van der Waals surface area (Å²) in [4.78, 5) is 37.9. The molecule has 0 saturated carbocycles. The van der Waals surface area contributed by atoms with Crippen LogP contribution in [0.15, 0.2) is 48.5 Å². The highest BCUT2D eigenvalue weighted by molar-refractivity contribution is 6.31. The van der Waals surface area contributed by atoms with Gasteiger partial charge in [0.25, 0.3) is 18.2 Å². The van der Waals surface area contributed by atoms with Gasteiger partial charge in [-0.25, -0.2) is 13.2 Å². The minimum Gasteiger partial charge on any atom is -0.354 e. The molecule has 34 heavy (non-hydrogen) atoms. The van der Waals surface area contributed by atoms with Crippen molar-refractivity contribution in [2.75, 3.05) is 12.4 Å². The molecule has 1 aliphatic rings. The maximum absolute atomic E-state index is 14.0. The number of hydrogen-bond donors (Lipinski definition) is 3. The Bertz CT molecular complexity index is 1310. The Morgan fingerprint density at radius 3 is 2.62 bits per heavy atom. The molecule has 176 valence electrons. The molecule has 3 aromatic rings. The third-order valence-electron chi connectivity index (χ3n) is 5.40. The zero-order valence-electron chi connectivity index (χ0n) is 17.7. The Morgan fingerprint density at radius 2 is 1.91 bits per heavy atom. The molecule has 0 radical (unpaired) electrons. The molecule has 3 N–H and O–H groups in total. The average Bonchev–Trinajstić information content (AvgIpc) is 3.17. The molecule has 0 saturated heterocycles. The molecule has 1 aliphatic heterocycles. The van der Waals surface area contributed by atoms with Crippen LogP contribution in [-0.2, 0) is 11.3 Å². The van der Waals surface area contributed by atoms with E-state index in [1.54, 1.807) is 0 Å². The second kappa shape index (κ2) is 9.22. The number of carbonyl (C=O) groups is 3. The Labute approximate surface area is 196 Å². The number of amides is 3. The number of fused-ring (bicyclic) bond motifs is 1. The Morgan fingerprint density at radius 1 is 1.15 bits per heavy atom. The maximum Gasteiger partial charge on any atom is 0.267 e. The summed E-state index contributed by atoms with van der Waals surface area (Å²) in [5.74, 6) is -2.29. The Balaban J connectivity index is 1.83. The summed E-state index contributed by atoms with van der Waals surface area (Å²) in [7, 11) is 1.40. The van der Waals surface area contributed by atoms with Crippen LogP contribution < -0.4 is 16.0 Å². The van der Waals surface area contributed by atoms with Gasteiger partial charge in [-0.2, -0.15) is 0 Å². The van der Waals surface area contributed by atoms with Gasteiger partial charge >= 0.3 is 0 Å². The highest BCUT2D eigenvalue weighted by Crippen LogP contribution is 2.37. The van der Waals surface area contributed by atoms with E-state index in [1.165, 1.54) is 41.9 Å². The lowest BCUT2D eigenvalue weighted by molar-refractivity contribution is -0.123. The summed E-state index contributed by atoms with van der Waals surface area (Å²) in [5, 5.41) is 7.96. The molecule has 1 aromatic heterocycles. The van der Waals surface area contributed by atoms with Gasteiger partial charge in [0.2, 0.25) is 5.91 Å². The third-order valence-corrected chi connectivity index (χ3v) is 5.74. The predicted octanol–water partition coefficient (Wildman–Crippen LogP) is 4.05. The smallest absolute Gasteiger partial charge is 0.267 e. The van der Waals surface area contributed by atoms with Crippen LogP contribution in [0.5, 0.6) is 0 Å². The average molecular weight is 491 g/mol. The highest BCUT2D eigenvalue weighted by atomic mass is 35.5. The SMILES string of the molecule is CNC(=O)c1cc(NC(=O)c2cccc(C(F)F)c2)c2n1CC(=O)NC2c1cc(F)ccc1Cl. The molecule has 3 amide bonds. The van der Waals surface area contributed by atoms with Crippen LogP contribution in [0.25, 0.3) is 0 Å². The first-order valence-corrected chi connectivity index (χ1v) is 10.5. The predicted molar refractivity (Wildman–Crippen MR) is 119 cm³/mol. The van der Waals surface area contributed by atoms with Gasteiger partial charge in [-0.1, -0.05) is 23.7 Å². The van der Waals surface area contributed by atoms with E-state index in [4.69, 9.17) is 11.6 Å². The Hall–Kier alpha value is -3.79. The van der Waals surface area contributed by atoms with Crippen LogP contribution in [0.2, 0.25) is 5.02 Å². The van der Waals surface area contributed by atoms with Crippen molar-refractivity contribution in [1.29, 1.82) is 0 Å². The summed E-state index contributed by atoms with van der Waals surface area (Å²) in [6.07, 6.45) is -2.76. The topological polar surface area (TPSA) is 92.2 Å². The molecule has 2 aromatic carbocycles. The van der Waals surface area contributed by atoms with Crippen molar-refractivity contribution < 1.29 is 27.6 Å². The number of anilines is 1. The number of benzene rings is 2. The second-order valence-electron chi connectivity index (χ2n) is 7.54. The summed E-state index contributed by atoms with van der Waals surface area (Å²) >= 11 is 6.28. The minimum atomic E-state index is -2.76. The van der Waals surface area contributed by atoms with E-state index in [1.807, 2.05) is 0 Å². The molecule has 1 unspecified atom stereocenters. The highest BCUT2D eigenvalue weighted by Gasteiger charge is 2.34. The summed E-state index contributed by atoms with van der Waals surface area (Å²) in [6, 6.07) is 8.96. The standard InChI is InChI=1S/C23H18ClF3N4O3/c1-28-23(34)17-9-16(29-22(33)12-4-2-3-11(7-12)21(26)27)20-19(30-18(32)10-31(17)20)14-8-13(25)5-6-15(14)24/h2-9,19,21H,10H2,1H3,(H,28,34)(H,29,33)(H,30,32). The number of carbonyl (C=O) groups excluding carboxylic acids is 3. The molecule has 7 nitrogen and oxygen atoms in total. The number of rotatable bonds is 5. The number of alkyl halides is 2. The molecule has 0 aliphatic carbocycles. The van der Waals surface area contributed by atoms with Crippen molar-refractivity contribution in [2.24, 2.45) is 0 Å². The molecule has 2 heterocycles. The van der Waals surface area contributed by atoms with Gasteiger partial charge < -0.3 is 20.5 Å². The first kappa shape index (κ1) is 23.4. The van der Waals surface area contributed by atoms with Crippen molar-refractivity contribution in [2.45, 2.75) is 19.0 Å². The van der Waals surface area contributed by atoms with Crippen LogP contribution in [0.4, 0.5) is 18.9 Å². The minimum absolute atomic E-state index is 0.0283. The number of hydrogen-bond acceptors (Lipinski definition) is 3. The van der Waals surface area contributed by atoms with E-state index >= 15 is 0 Å². The van der Waals surface area contributed by atoms with Gasteiger partial charge in [0.05, 0.1) is 17.4 Å². The van der Waals surface area contributed by atoms with Gasteiger partial charge in [0.1, 0.15) is 18.1 Å². The van der Waals surface area contributed by atoms with E-state index in [9.17, 15) is 27.6 Å². The van der Waals surface area contributed by atoms with Gasteiger partial charge in [0.15, 0.2) is 0 Å². The molecule has 1 atom stereocenters. The molecule has 4 rings (SSSR count). The maximum atomic E-state index is 14.0. The number of aromatic nitrogens is 1. The largest absolute Gasteiger partial charge is 0.354 e. The van der Waals surface area contributed by atoms with Gasteiger partial charge in [-0.05, 0) is 36.4 Å². The first-order chi connectivity index (χ1) is 16.2. The zero-order valence-corrected chi connectivity index (χ0v) is 18.4. The summed E-state index contributed by atoms with van der Waals surface area (Å²) < 4.78 is 41.6. The van der Waals surface area contributed by atoms with E-state index in [0.29, 0.717) is 0 Å². The molecule has 11 heteroatoms. The molecular formula is C23H18ClF3N4O3.